The lowest BCUT2D eigenvalue weighted by Crippen LogP contribution is -2.52. The molecule has 3 atom stereocenters. The molecule has 6 rings (SSSR count). The fourth-order valence-corrected chi connectivity index (χ4v) is 8.61. The predicted molar refractivity (Wildman–Crippen MR) is 127 cm³/mol. The van der Waals surface area contributed by atoms with Crippen molar-refractivity contribution in [3.05, 3.63) is 59.9 Å². The van der Waals surface area contributed by atoms with Gasteiger partial charge in [0.2, 0.25) is 0 Å². The van der Waals surface area contributed by atoms with E-state index in [0.29, 0.717) is 17.1 Å². The Morgan fingerprint density at radius 2 is 1.86 bits per heavy atom. The van der Waals surface area contributed by atoms with E-state index in [1.807, 2.05) is 30.5 Å². The molecule has 184 valence electrons. The lowest BCUT2D eigenvalue weighted by atomic mass is 9.79. The fraction of sp³-hybridized carbons (Fsp3) is 0.417. The molecule has 2 aromatic heterocycles. The SMILES string of the molecule is O=S1(=O)N[C@]2(CN1CC(F)(F)F)[C@@H]1CC[C@H]2Cc2cc(-c3ncc(-c4ccccn4)s3)ccc2C1. The van der Waals surface area contributed by atoms with Crippen molar-refractivity contribution in [3.63, 3.8) is 0 Å². The zero-order chi connectivity index (χ0) is 24.4. The number of pyridine rings is 1. The Morgan fingerprint density at radius 1 is 1.09 bits per heavy atom. The van der Waals surface area contributed by atoms with Crippen LogP contribution in [0.4, 0.5) is 13.2 Å². The molecule has 2 bridgehead atoms. The van der Waals surface area contributed by atoms with Crippen molar-refractivity contribution < 1.29 is 21.6 Å². The van der Waals surface area contributed by atoms with Crippen molar-refractivity contribution >= 4 is 21.5 Å². The van der Waals surface area contributed by atoms with Crippen molar-refractivity contribution in [1.29, 1.82) is 0 Å². The first-order valence-electron chi connectivity index (χ1n) is 11.5. The minimum absolute atomic E-state index is 0.0387. The highest BCUT2D eigenvalue weighted by Gasteiger charge is 2.60. The number of halogens is 3. The molecule has 1 saturated carbocycles. The van der Waals surface area contributed by atoms with E-state index in [-0.39, 0.29) is 18.4 Å². The molecule has 1 aromatic carbocycles. The molecule has 3 aromatic rings. The molecule has 1 spiro atoms. The third-order valence-electron chi connectivity index (χ3n) is 7.58. The van der Waals surface area contributed by atoms with E-state index in [2.05, 4.69) is 26.8 Å². The lowest BCUT2D eigenvalue weighted by Gasteiger charge is -2.33. The van der Waals surface area contributed by atoms with E-state index >= 15 is 0 Å². The molecule has 2 fully saturated rings. The molecule has 11 heteroatoms. The molecule has 6 nitrogen and oxygen atoms in total. The van der Waals surface area contributed by atoms with Gasteiger partial charge in [-0.3, -0.25) is 4.98 Å². The van der Waals surface area contributed by atoms with Gasteiger partial charge in [0.05, 0.1) is 16.1 Å². The summed E-state index contributed by atoms with van der Waals surface area (Å²) in [7, 11) is -4.18. The average molecular weight is 521 g/mol. The zero-order valence-corrected chi connectivity index (χ0v) is 20.3. The third-order valence-corrected chi connectivity index (χ3v) is 10.2. The van der Waals surface area contributed by atoms with E-state index < -0.39 is 28.5 Å². The van der Waals surface area contributed by atoms with Gasteiger partial charge >= 0.3 is 6.18 Å². The van der Waals surface area contributed by atoms with Crippen LogP contribution in [-0.4, -0.2) is 47.5 Å². The third kappa shape index (κ3) is 4.08. The average Bonchev–Trinajstić information content (AvgIpc) is 3.43. The number of fused-ring (bicyclic) bond motifs is 1. The van der Waals surface area contributed by atoms with Crippen molar-refractivity contribution in [3.8, 4) is 21.1 Å². The second-order valence-electron chi connectivity index (χ2n) is 9.64. The van der Waals surface area contributed by atoms with Gasteiger partial charge in [0.1, 0.15) is 11.6 Å². The number of hydrogen-bond donors (Lipinski definition) is 1. The standard InChI is InChI=1S/C24H23F3N4O2S2/c25-24(26,27)14-31-13-23(30-35(31,32)33)18-6-7-19(23)11-17-9-16(5-4-15(17)10-18)22-29-12-21(34-22)20-3-1-2-8-28-20/h1-5,8-9,12,18-19,30H,6-7,10-11,13-14H2/t18-,19+,23-/m1/s1. The molecule has 1 N–H and O–H groups in total. The molecule has 1 aliphatic heterocycles. The number of hydrogen-bond acceptors (Lipinski definition) is 5. The summed E-state index contributed by atoms with van der Waals surface area (Å²) in [6, 6.07) is 11.9. The Bertz CT molecular complexity index is 1380. The minimum Gasteiger partial charge on any atom is -0.255 e. The van der Waals surface area contributed by atoms with E-state index in [1.54, 1.807) is 17.5 Å². The van der Waals surface area contributed by atoms with Gasteiger partial charge in [0.15, 0.2) is 0 Å². The molecular weight excluding hydrogens is 497 g/mol. The number of thiazole rings is 1. The van der Waals surface area contributed by atoms with Gasteiger partial charge in [0, 0.05) is 24.5 Å². The molecule has 1 saturated heterocycles. The molecule has 0 unspecified atom stereocenters. The Labute approximate surface area is 205 Å². The van der Waals surface area contributed by atoms with Crippen LogP contribution < -0.4 is 4.72 Å². The number of nitrogens with zero attached hydrogens (tertiary/aromatic N) is 3. The molecule has 2 aliphatic carbocycles. The molecule has 0 amide bonds. The molecular formula is C24H23F3N4O2S2. The van der Waals surface area contributed by atoms with Crippen LogP contribution >= 0.6 is 11.3 Å². The Kier molecular flexibility index (Phi) is 5.33. The van der Waals surface area contributed by atoms with E-state index in [1.165, 1.54) is 0 Å². The maximum absolute atomic E-state index is 13.1. The number of aromatic nitrogens is 2. The minimum atomic E-state index is -4.58. The van der Waals surface area contributed by atoms with Crippen molar-refractivity contribution in [1.82, 2.24) is 19.0 Å². The van der Waals surface area contributed by atoms with Crippen molar-refractivity contribution in [2.75, 3.05) is 13.1 Å². The monoisotopic (exact) mass is 520 g/mol. The van der Waals surface area contributed by atoms with E-state index in [9.17, 15) is 21.6 Å². The second kappa shape index (κ2) is 8.09. The maximum atomic E-state index is 13.1. The first-order chi connectivity index (χ1) is 16.6. The van der Waals surface area contributed by atoms with Crippen LogP contribution in [-0.2, 0) is 23.1 Å². The highest BCUT2D eigenvalue weighted by atomic mass is 32.2. The fourth-order valence-electron chi connectivity index (χ4n) is 6.01. The Morgan fingerprint density at radius 3 is 2.57 bits per heavy atom. The van der Waals surface area contributed by atoms with Gasteiger partial charge in [-0.05, 0) is 66.8 Å². The summed E-state index contributed by atoms with van der Waals surface area (Å²) < 4.78 is 67.9. The first kappa shape index (κ1) is 23.1. The highest BCUT2D eigenvalue weighted by Crippen LogP contribution is 2.51. The van der Waals surface area contributed by atoms with Crippen LogP contribution in [0.1, 0.15) is 24.0 Å². The Hall–Kier alpha value is -2.34. The topological polar surface area (TPSA) is 75.2 Å². The zero-order valence-electron chi connectivity index (χ0n) is 18.6. The van der Waals surface area contributed by atoms with Crippen LogP contribution in [0.2, 0.25) is 0 Å². The number of rotatable bonds is 3. The largest absolute Gasteiger partial charge is 0.402 e. The predicted octanol–water partition coefficient (Wildman–Crippen LogP) is 4.45. The van der Waals surface area contributed by atoms with Gasteiger partial charge in [0.25, 0.3) is 10.2 Å². The van der Waals surface area contributed by atoms with Crippen LogP contribution in [0.5, 0.6) is 0 Å². The lowest BCUT2D eigenvalue weighted by molar-refractivity contribution is -0.136. The van der Waals surface area contributed by atoms with Gasteiger partial charge < -0.3 is 0 Å². The van der Waals surface area contributed by atoms with E-state index in [4.69, 9.17) is 0 Å². The van der Waals surface area contributed by atoms with Crippen LogP contribution in [0.25, 0.3) is 21.1 Å². The smallest absolute Gasteiger partial charge is 0.255 e. The number of benzene rings is 1. The van der Waals surface area contributed by atoms with Crippen LogP contribution in [0, 0.1) is 11.8 Å². The summed E-state index contributed by atoms with van der Waals surface area (Å²) in [6.45, 7) is -1.59. The van der Waals surface area contributed by atoms with Crippen molar-refractivity contribution in [2.45, 2.75) is 37.4 Å². The molecule has 3 aliphatic rings. The van der Waals surface area contributed by atoms with Gasteiger partial charge in [-0.1, -0.05) is 18.2 Å². The normalized spacial score (nSPS) is 27.7. The Balaban J connectivity index is 1.30. The summed E-state index contributed by atoms with van der Waals surface area (Å²) in [5.41, 5.74) is 3.24. The van der Waals surface area contributed by atoms with E-state index in [0.717, 1.165) is 45.1 Å². The summed E-state index contributed by atoms with van der Waals surface area (Å²) >= 11 is 1.56. The van der Waals surface area contributed by atoms with Crippen LogP contribution in [0.3, 0.4) is 0 Å². The number of alkyl halides is 3. The first-order valence-corrected chi connectivity index (χ1v) is 13.7. The summed E-state index contributed by atoms with van der Waals surface area (Å²) in [6.07, 6.45) is 1.84. The summed E-state index contributed by atoms with van der Waals surface area (Å²) in [5.74, 6) is -0.0967. The maximum Gasteiger partial charge on any atom is 0.402 e. The molecule has 3 heterocycles. The summed E-state index contributed by atoms with van der Waals surface area (Å²) in [4.78, 5) is 9.95. The number of nitrogens with one attached hydrogen (secondary N) is 1. The van der Waals surface area contributed by atoms with Gasteiger partial charge in [-0.2, -0.15) is 30.6 Å². The summed E-state index contributed by atoms with van der Waals surface area (Å²) in [5, 5.41) is 0.871. The molecule has 35 heavy (non-hydrogen) atoms. The molecule has 0 radical (unpaired) electrons. The highest BCUT2D eigenvalue weighted by molar-refractivity contribution is 7.87. The second-order valence-corrected chi connectivity index (χ2v) is 12.3. The van der Waals surface area contributed by atoms with Gasteiger partial charge in [-0.25, -0.2) is 4.98 Å². The quantitative estimate of drug-likeness (QED) is 0.554. The van der Waals surface area contributed by atoms with Crippen LogP contribution in [0.15, 0.2) is 48.8 Å². The van der Waals surface area contributed by atoms with Crippen molar-refractivity contribution in [2.24, 2.45) is 11.8 Å². The van der Waals surface area contributed by atoms with Gasteiger partial charge in [-0.15, -0.1) is 11.3 Å².